The fourth-order valence-electron chi connectivity index (χ4n) is 1.89. The SMILES string of the molecule is Cc1ccccc1CCn1c(N)cc(=O)[nH]c1=O. The summed E-state index contributed by atoms with van der Waals surface area (Å²) in [5.41, 5.74) is 7.07. The van der Waals surface area contributed by atoms with E-state index in [9.17, 15) is 9.59 Å². The molecular weight excluding hydrogens is 230 g/mol. The average molecular weight is 245 g/mol. The highest BCUT2D eigenvalue weighted by Gasteiger charge is 2.04. The second-order valence-corrected chi connectivity index (χ2v) is 4.19. The summed E-state index contributed by atoms with van der Waals surface area (Å²) in [5, 5.41) is 0. The zero-order valence-corrected chi connectivity index (χ0v) is 10.1. The van der Waals surface area contributed by atoms with Gasteiger partial charge in [-0.15, -0.1) is 0 Å². The number of anilines is 1. The Balaban J connectivity index is 2.24. The molecule has 0 radical (unpaired) electrons. The van der Waals surface area contributed by atoms with Crippen molar-refractivity contribution in [3.8, 4) is 0 Å². The van der Waals surface area contributed by atoms with E-state index in [1.807, 2.05) is 31.2 Å². The summed E-state index contributed by atoms with van der Waals surface area (Å²) < 4.78 is 1.37. The van der Waals surface area contributed by atoms with Gasteiger partial charge in [0.2, 0.25) is 0 Å². The molecule has 5 heteroatoms. The minimum absolute atomic E-state index is 0.192. The molecule has 0 atom stereocenters. The van der Waals surface area contributed by atoms with Crippen molar-refractivity contribution in [2.24, 2.45) is 0 Å². The maximum atomic E-state index is 11.6. The van der Waals surface area contributed by atoms with Gasteiger partial charge >= 0.3 is 5.69 Å². The first-order valence-corrected chi connectivity index (χ1v) is 5.72. The molecule has 0 unspecified atom stereocenters. The Labute approximate surface area is 104 Å². The normalized spacial score (nSPS) is 10.5. The number of nitrogens with zero attached hydrogens (tertiary/aromatic N) is 1. The van der Waals surface area contributed by atoms with Crippen LogP contribution in [0.4, 0.5) is 5.82 Å². The first-order chi connectivity index (χ1) is 8.58. The van der Waals surface area contributed by atoms with Gasteiger partial charge in [0.25, 0.3) is 5.56 Å². The molecule has 0 spiro atoms. The molecule has 0 saturated heterocycles. The number of aromatic nitrogens is 2. The smallest absolute Gasteiger partial charge is 0.329 e. The Morgan fingerprint density at radius 3 is 2.67 bits per heavy atom. The topological polar surface area (TPSA) is 80.9 Å². The fourth-order valence-corrected chi connectivity index (χ4v) is 1.89. The van der Waals surface area contributed by atoms with Crippen molar-refractivity contribution in [2.45, 2.75) is 19.9 Å². The highest BCUT2D eigenvalue weighted by atomic mass is 16.2. The van der Waals surface area contributed by atoms with Crippen LogP contribution in [0.25, 0.3) is 0 Å². The molecule has 18 heavy (non-hydrogen) atoms. The zero-order chi connectivity index (χ0) is 13.1. The van der Waals surface area contributed by atoms with Crippen LogP contribution in [0, 0.1) is 6.92 Å². The highest BCUT2D eigenvalue weighted by Crippen LogP contribution is 2.08. The van der Waals surface area contributed by atoms with Gasteiger partial charge < -0.3 is 5.73 Å². The second kappa shape index (κ2) is 4.91. The molecule has 0 bridgehead atoms. The van der Waals surface area contributed by atoms with Crippen LogP contribution >= 0.6 is 0 Å². The number of nitrogen functional groups attached to an aromatic ring is 1. The predicted molar refractivity (Wildman–Crippen MR) is 70.6 cm³/mol. The van der Waals surface area contributed by atoms with Crippen LogP contribution < -0.4 is 17.0 Å². The molecule has 2 aromatic rings. The highest BCUT2D eigenvalue weighted by molar-refractivity contribution is 5.28. The summed E-state index contributed by atoms with van der Waals surface area (Å²) in [6, 6.07) is 9.19. The first kappa shape index (κ1) is 12.2. The standard InChI is InChI=1S/C13H15N3O2/c1-9-4-2-3-5-10(9)6-7-16-11(14)8-12(17)15-13(16)18/h2-5,8H,6-7,14H2,1H3,(H,15,17,18). The van der Waals surface area contributed by atoms with Gasteiger partial charge in [-0.3, -0.25) is 14.3 Å². The molecule has 0 amide bonds. The number of aryl methyl sites for hydroxylation is 2. The van der Waals surface area contributed by atoms with Gasteiger partial charge in [0.05, 0.1) is 0 Å². The molecular formula is C13H15N3O2. The number of nitrogens with two attached hydrogens (primary N) is 1. The second-order valence-electron chi connectivity index (χ2n) is 4.19. The van der Waals surface area contributed by atoms with E-state index in [0.29, 0.717) is 13.0 Å². The summed E-state index contributed by atoms with van der Waals surface area (Å²) in [7, 11) is 0. The van der Waals surface area contributed by atoms with E-state index in [4.69, 9.17) is 5.73 Å². The minimum Gasteiger partial charge on any atom is -0.385 e. The van der Waals surface area contributed by atoms with Gasteiger partial charge in [-0.2, -0.15) is 0 Å². The number of hydrogen-bond donors (Lipinski definition) is 2. The Bertz CT molecular complexity index is 670. The van der Waals surface area contributed by atoms with Crippen molar-refractivity contribution < 1.29 is 0 Å². The third kappa shape index (κ3) is 2.51. The third-order valence-electron chi connectivity index (χ3n) is 2.93. The van der Waals surface area contributed by atoms with Crippen LogP contribution in [0.15, 0.2) is 39.9 Å². The quantitative estimate of drug-likeness (QED) is 0.834. The molecule has 0 aliphatic carbocycles. The number of hydrogen-bond acceptors (Lipinski definition) is 3. The van der Waals surface area contributed by atoms with Crippen LogP contribution in [-0.4, -0.2) is 9.55 Å². The summed E-state index contributed by atoms with van der Waals surface area (Å²) in [4.78, 5) is 24.8. The van der Waals surface area contributed by atoms with Crippen molar-refractivity contribution in [3.63, 3.8) is 0 Å². The van der Waals surface area contributed by atoms with Crippen molar-refractivity contribution in [1.29, 1.82) is 0 Å². The Morgan fingerprint density at radius 1 is 1.28 bits per heavy atom. The van der Waals surface area contributed by atoms with E-state index in [0.717, 1.165) is 5.56 Å². The fraction of sp³-hybridized carbons (Fsp3) is 0.231. The molecule has 0 aliphatic heterocycles. The summed E-state index contributed by atoms with van der Waals surface area (Å²) in [6.07, 6.45) is 0.697. The maximum Gasteiger partial charge on any atom is 0.329 e. The molecule has 0 saturated carbocycles. The molecule has 3 N–H and O–H groups in total. The lowest BCUT2D eigenvalue weighted by molar-refractivity contribution is 0.654. The first-order valence-electron chi connectivity index (χ1n) is 5.72. The Morgan fingerprint density at radius 2 is 2.00 bits per heavy atom. The van der Waals surface area contributed by atoms with E-state index in [2.05, 4.69) is 4.98 Å². The molecule has 5 nitrogen and oxygen atoms in total. The van der Waals surface area contributed by atoms with E-state index >= 15 is 0 Å². The Kier molecular flexibility index (Phi) is 3.32. The summed E-state index contributed by atoms with van der Waals surface area (Å²) in [5.74, 6) is 0.192. The Hall–Kier alpha value is -2.30. The number of H-pyrrole nitrogens is 1. The van der Waals surface area contributed by atoms with Crippen molar-refractivity contribution >= 4 is 5.82 Å². The average Bonchev–Trinajstić information content (AvgIpc) is 2.30. The van der Waals surface area contributed by atoms with Gasteiger partial charge in [-0.1, -0.05) is 24.3 Å². The van der Waals surface area contributed by atoms with Gasteiger partial charge in [-0.05, 0) is 24.5 Å². The van der Waals surface area contributed by atoms with E-state index < -0.39 is 11.2 Å². The van der Waals surface area contributed by atoms with Crippen LogP contribution in [0.1, 0.15) is 11.1 Å². The number of benzene rings is 1. The van der Waals surface area contributed by atoms with E-state index in [1.165, 1.54) is 16.2 Å². The van der Waals surface area contributed by atoms with Crippen molar-refractivity contribution in [2.75, 3.05) is 5.73 Å². The number of rotatable bonds is 3. The van der Waals surface area contributed by atoms with E-state index in [1.54, 1.807) is 0 Å². The van der Waals surface area contributed by atoms with Crippen LogP contribution in [0.2, 0.25) is 0 Å². The lowest BCUT2D eigenvalue weighted by Gasteiger charge is -2.09. The monoisotopic (exact) mass is 245 g/mol. The number of nitrogens with one attached hydrogen (secondary N) is 1. The largest absolute Gasteiger partial charge is 0.385 e. The predicted octanol–water partition coefficient (Wildman–Crippen LogP) is 0.670. The van der Waals surface area contributed by atoms with Crippen molar-refractivity contribution in [3.05, 3.63) is 62.3 Å². The van der Waals surface area contributed by atoms with Crippen LogP contribution in [-0.2, 0) is 13.0 Å². The van der Waals surface area contributed by atoms with Crippen LogP contribution in [0.3, 0.4) is 0 Å². The number of aromatic amines is 1. The third-order valence-corrected chi connectivity index (χ3v) is 2.93. The van der Waals surface area contributed by atoms with Gasteiger partial charge in [0.1, 0.15) is 5.82 Å². The molecule has 0 fully saturated rings. The summed E-state index contributed by atoms with van der Waals surface area (Å²) >= 11 is 0. The lowest BCUT2D eigenvalue weighted by Crippen LogP contribution is -2.31. The van der Waals surface area contributed by atoms with Gasteiger partial charge in [-0.25, -0.2) is 4.79 Å². The molecule has 2 rings (SSSR count). The molecule has 94 valence electrons. The van der Waals surface area contributed by atoms with Crippen LogP contribution in [0.5, 0.6) is 0 Å². The zero-order valence-electron chi connectivity index (χ0n) is 10.1. The van der Waals surface area contributed by atoms with Gasteiger partial charge in [0.15, 0.2) is 0 Å². The molecule has 1 heterocycles. The van der Waals surface area contributed by atoms with Gasteiger partial charge in [0, 0.05) is 12.6 Å². The van der Waals surface area contributed by atoms with Crippen molar-refractivity contribution in [1.82, 2.24) is 9.55 Å². The molecule has 1 aromatic heterocycles. The van der Waals surface area contributed by atoms with E-state index in [-0.39, 0.29) is 5.82 Å². The minimum atomic E-state index is -0.468. The summed E-state index contributed by atoms with van der Waals surface area (Å²) in [6.45, 7) is 2.47. The lowest BCUT2D eigenvalue weighted by atomic mass is 10.1. The maximum absolute atomic E-state index is 11.6. The molecule has 0 aliphatic rings. The molecule has 1 aromatic carbocycles.